The maximum absolute atomic E-state index is 11.5. The second-order valence-electron chi connectivity index (χ2n) is 5.42. The molecule has 0 radical (unpaired) electrons. The van der Waals surface area contributed by atoms with Crippen LogP contribution >= 0.6 is 0 Å². The average Bonchev–Trinajstić information content (AvgIpc) is 2.72. The van der Waals surface area contributed by atoms with Gasteiger partial charge in [0, 0.05) is 0 Å². The Morgan fingerprint density at radius 1 is 1.28 bits per heavy atom. The Kier molecular flexibility index (Phi) is 4.95. The zero-order valence-electron chi connectivity index (χ0n) is 11.4. The van der Waals surface area contributed by atoms with Crippen LogP contribution < -0.4 is 10.0 Å². The predicted molar refractivity (Wildman–Crippen MR) is 70.7 cm³/mol. The number of hydrogen-bond acceptors (Lipinski definition) is 4. The molecule has 6 heteroatoms. The predicted octanol–water partition coefficient (Wildman–Crippen LogP) is 1.71. The molecule has 0 bridgehead atoms. The van der Waals surface area contributed by atoms with Gasteiger partial charge in [0.15, 0.2) is 0 Å². The highest BCUT2D eigenvalue weighted by molar-refractivity contribution is 7.89. The van der Waals surface area contributed by atoms with Gasteiger partial charge in [0.05, 0.1) is 6.54 Å². The van der Waals surface area contributed by atoms with Gasteiger partial charge >= 0.3 is 0 Å². The van der Waals surface area contributed by atoms with Crippen LogP contribution in [0.2, 0.25) is 0 Å². The van der Waals surface area contributed by atoms with Crippen molar-refractivity contribution in [3.8, 4) is 0 Å². The van der Waals surface area contributed by atoms with Crippen molar-refractivity contribution in [2.45, 2.75) is 38.8 Å². The quantitative estimate of drug-likeness (QED) is 0.775. The van der Waals surface area contributed by atoms with Crippen LogP contribution in [0.25, 0.3) is 0 Å². The fourth-order valence-electron chi connectivity index (χ4n) is 1.37. The van der Waals surface area contributed by atoms with Crippen molar-refractivity contribution in [2.24, 2.45) is 5.41 Å². The maximum Gasteiger partial charge on any atom is 0.273 e. The minimum Gasteiger partial charge on any atom is -0.447 e. The van der Waals surface area contributed by atoms with Gasteiger partial charge in [-0.15, -0.1) is 0 Å². The third-order valence-corrected chi connectivity index (χ3v) is 3.81. The van der Waals surface area contributed by atoms with Crippen LogP contribution in [0.1, 0.15) is 33.0 Å². The molecule has 18 heavy (non-hydrogen) atoms. The lowest BCUT2D eigenvalue weighted by atomic mass is 9.92. The molecule has 0 aliphatic carbocycles. The van der Waals surface area contributed by atoms with Crippen LogP contribution in [0.3, 0.4) is 0 Å². The summed E-state index contributed by atoms with van der Waals surface area (Å²) in [5.74, 6) is 0.623. The molecule has 0 amide bonds. The topological polar surface area (TPSA) is 71.3 Å². The van der Waals surface area contributed by atoms with Crippen molar-refractivity contribution in [1.29, 1.82) is 0 Å². The molecule has 1 heterocycles. The summed E-state index contributed by atoms with van der Waals surface area (Å²) in [6, 6.07) is 3.14. The number of hydrogen-bond donors (Lipinski definition) is 2. The first-order valence-electron chi connectivity index (χ1n) is 5.97. The van der Waals surface area contributed by atoms with Gasteiger partial charge in [-0.05, 0) is 37.6 Å². The van der Waals surface area contributed by atoms with Crippen LogP contribution in [-0.4, -0.2) is 22.0 Å². The lowest BCUT2D eigenvalue weighted by Crippen LogP contribution is -2.20. The molecule has 104 valence electrons. The lowest BCUT2D eigenvalue weighted by molar-refractivity contribution is 0.354. The largest absolute Gasteiger partial charge is 0.447 e. The smallest absolute Gasteiger partial charge is 0.273 e. The van der Waals surface area contributed by atoms with Crippen molar-refractivity contribution >= 4 is 10.0 Å². The van der Waals surface area contributed by atoms with E-state index in [2.05, 4.69) is 30.8 Å². The number of nitrogens with one attached hydrogen (secondary N) is 2. The standard InChI is InChI=1S/C12H22N2O3S/c1-12(2,3)7-8-14-9-10-5-6-11(17-10)18(15,16)13-4/h5-6,13-14H,7-9H2,1-4H3. The Bertz CT molecular complexity index is 472. The number of furan rings is 1. The molecule has 1 aromatic rings. The van der Waals surface area contributed by atoms with E-state index in [9.17, 15) is 8.42 Å². The van der Waals surface area contributed by atoms with Gasteiger partial charge in [0.1, 0.15) is 5.76 Å². The summed E-state index contributed by atoms with van der Waals surface area (Å²) >= 11 is 0. The number of sulfonamides is 1. The molecule has 0 aromatic carbocycles. The van der Waals surface area contributed by atoms with E-state index in [-0.39, 0.29) is 10.5 Å². The van der Waals surface area contributed by atoms with Crippen LogP contribution in [-0.2, 0) is 16.6 Å². The molecule has 0 saturated heterocycles. The summed E-state index contributed by atoms with van der Waals surface area (Å²) in [6.07, 6.45) is 1.05. The Balaban J connectivity index is 2.46. The second kappa shape index (κ2) is 5.86. The molecule has 2 N–H and O–H groups in total. The summed E-state index contributed by atoms with van der Waals surface area (Å²) in [7, 11) is -2.12. The third-order valence-electron chi connectivity index (χ3n) is 2.52. The van der Waals surface area contributed by atoms with Crippen molar-refractivity contribution < 1.29 is 12.8 Å². The van der Waals surface area contributed by atoms with Gasteiger partial charge in [-0.3, -0.25) is 0 Å². The minimum absolute atomic E-state index is 0.0439. The first kappa shape index (κ1) is 15.2. The number of rotatable bonds is 6. The van der Waals surface area contributed by atoms with Crippen molar-refractivity contribution in [3.63, 3.8) is 0 Å². The Morgan fingerprint density at radius 2 is 1.94 bits per heavy atom. The van der Waals surface area contributed by atoms with Crippen LogP contribution in [0.4, 0.5) is 0 Å². The van der Waals surface area contributed by atoms with Gasteiger partial charge in [-0.1, -0.05) is 20.8 Å². The summed E-state index contributed by atoms with van der Waals surface area (Å²) < 4.78 is 30.4. The second-order valence-corrected chi connectivity index (χ2v) is 7.23. The minimum atomic E-state index is -3.48. The molecule has 0 saturated carbocycles. The fourth-order valence-corrected chi connectivity index (χ4v) is 2.04. The maximum atomic E-state index is 11.5. The normalized spacial score (nSPS) is 12.9. The highest BCUT2D eigenvalue weighted by Crippen LogP contribution is 2.17. The zero-order chi connectivity index (χ0) is 13.8. The third kappa shape index (κ3) is 4.80. The average molecular weight is 274 g/mol. The molecule has 0 spiro atoms. The molecular weight excluding hydrogens is 252 g/mol. The Morgan fingerprint density at radius 3 is 2.50 bits per heavy atom. The fraction of sp³-hybridized carbons (Fsp3) is 0.667. The van der Waals surface area contributed by atoms with Gasteiger partial charge in [0.2, 0.25) is 5.09 Å². The van der Waals surface area contributed by atoms with E-state index in [0.29, 0.717) is 12.3 Å². The van der Waals surface area contributed by atoms with Gasteiger partial charge in [-0.2, -0.15) is 0 Å². The van der Waals surface area contributed by atoms with E-state index in [0.717, 1.165) is 13.0 Å². The molecule has 1 rings (SSSR count). The SMILES string of the molecule is CNS(=O)(=O)c1ccc(CNCCC(C)(C)C)o1. The first-order valence-corrected chi connectivity index (χ1v) is 7.46. The molecule has 0 aliphatic rings. The molecule has 1 aromatic heterocycles. The lowest BCUT2D eigenvalue weighted by Gasteiger charge is -2.17. The van der Waals surface area contributed by atoms with Crippen LogP contribution in [0, 0.1) is 5.41 Å². The van der Waals surface area contributed by atoms with E-state index < -0.39 is 10.0 Å². The zero-order valence-corrected chi connectivity index (χ0v) is 12.2. The molecular formula is C12H22N2O3S. The van der Waals surface area contributed by atoms with Crippen molar-refractivity contribution in [1.82, 2.24) is 10.0 Å². The summed E-state index contributed by atoms with van der Waals surface area (Å²) in [6.45, 7) is 7.95. The molecule has 5 nitrogen and oxygen atoms in total. The van der Waals surface area contributed by atoms with E-state index >= 15 is 0 Å². The van der Waals surface area contributed by atoms with Crippen LogP contribution in [0.15, 0.2) is 21.6 Å². The summed E-state index contributed by atoms with van der Waals surface area (Å²) in [4.78, 5) is 0. The van der Waals surface area contributed by atoms with Crippen molar-refractivity contribution in [3.05, 3.63) is 17.9 Å². The first-order chi connectivity index (χ1) is 8.24. The van der Waals surface area contributed by atoms with Crippen molar-refractivity contribution in [2.75, 3.05) is 13.6 Å². The van der Waals surface area contributed by atoms with E-state index in [1.54, 1.807) is 6.07 Å². The molecule has 0 fully saturated rings. The highest BCUT2D eigenvalue weighted by atomic mass is 32.2. The van der Waals surface area contributed by atoms with Crippen LogP contribution in [0.5, 0.6) is 0 Å². The molecule has 0 aliphatic heterocycles. The monoisotopic (exact) mass is 274 g/mol. The van der Waals surface area contributed by atoms with Gasteiger partial charge in [-0.25, -0.2) is 13.1 Å². The van der Waals surface area contributed by atoms with E-state index in [4.69, 9.17) is 4.42 Å². The van der Waals surface area contributed by atoms with E-state index in [1.807, 2.05) is 0 Å². The van der Waals surface area contributed by atoms with Gasteiger partial charge in [0.25, 0.3) is 10.0 Å². The summed E-state index contributed by atoms with van der Waals surface area (Å²) in [5.41, 5.74) is 0.288. The molecule has 0 atom stereocenters. The Hall–Kier alpha value is -0.850. The summed E-state index contributed by atoms with van der Waals surface area (Å²) in [5, 5.41) is 3.19. The Labute approximate surface area is 109 Å². The molecule has 0 unspecified atom stereocenters. The van der Waals surface area contributed by atoms with E-state index in [1.165, 1.54) is 13.1 Å². The highest BCUT2D eigenvalue weighted by Gasteiger charge is 2.16. The van der Waals surface area contributed by atoms with Gasteiger partial charge < -0.3 is 9.73 Å².